The summed E-state index contributed by atoms with van der Waals surface area (Å²) in [6, 6.07) is 20.4. The number of methoxy groups -OCH3 is 2. The lowest BCUT2D eigenvalue weighted by Gasteiger charge is -2.27. The number of hydrogen-bond donors (Lipinski definition) is 2. The van der Waals surface area contributed by atoms with E-state index in [-0.39, 0.29) is 0 Å². The molecule has 0 radical (unpaired) electrons. The number of benzene rings is 3. The van der Waals surface area contributed by atoms with E-state index in [1.54, 1.807) is 79.7 Å². The molecule has 3 rings (SSSR count). The van der Waals surface area contributed by atoms with E-state index in [4.69, 9.17) is 21.1 Å². The Labute approximate surface area is 186 Å². The van der Waals surface area contributed by atoms with Crippen LogP contribution in [0.4, 0.5) is 0 Å². The highest BCUT2D eigenvalue weighted by molar-refractivity contribution is 6.30. The fraction of sp³-hybridized carbons (Fsp3) is 0.167. The number of hydrazone groups is 1. The molecule has 7 heteroatoms. The van der Waals surface area contributed by atoms with Crippen LogP contribution in [0.2, 0.25) is 5.02 Å². The van der Waals surface area contributed by atoms with Crippen LogP contribution in [0.25, 0.3) is 0 Å². The summed E-state index contributed by atoms with van der Waals surface area (Å²) in [5.41, 5.74) is 2.47. The van der Waals surface area contributed by atoms with E-state index < -0.39 is 11.5 Å². The van der Waals surface area contributed by atoms with Gasteiger partial charge >= 0.3 is 0 Å². The number of nitrogens with zero attached hydrogens (tertiary/aromatic N) is 1. The average Bonchev–Trinajstić information content (AvgIpc) is 2.82. The molecule has 160 valence electrons. The first-order valence-electron chi connectivity index (χ1n) is 9.50. The zero-order valence-electron chi connectivity index (χ0n) is 17.4. The number of rotatable bonds is 7. The van der Waals surface area contributed by atoms with Gasteiger partial charge in [0.1, 0.15) is 11.5 Å². The Morgan fingerprint density at radius 1 is 0.935 bits per heavy atom. The van der Waals surface area contributed by atoms with Crippen LogP contribution in [0.1, 0.15) is 23.6 Å². The Hall–Kier alpha value is -3.35. The number of hydrogen-bond acceptors (Lipinski definition) is 5. The first kappa shape index (κ1) is 22.3. The van der Waals surface area contributed by atoms with Gasteiger partial charge in [-0.15, -0.1) is 0 Å². The summed E-state index contributed by atoms with van der Waals surface area (Å²) in [5, 5.41) is 16.5. The fourth-order valence-corrected chi connectivity index (χ4v) is 3.22. The van der Waals surface area contributed by atoms with Crippen LogP contribution < -0.4 is 14.9 Å². The molecule has 0 saturated heterocycles. The van der Waals surface area contributed by atoms with E-state index in [9.17, 15) is 9.90 Å². The van der Waals surface area contributed by atoms with Gasteiger partial charge < -0.3 is 14.6 Å². The van der Waals surface area contributed by atoms with Crippen molar-refractivity contribution in [1.82, 2.24) is 5.43 Å². The lowest BCUT2D eigenvalue weighted by Crippen LogP contribution is -2.44. The molecule has 0 aromatic heterocycles. The van der Waals surface area contributed by atoms with Gasteiger partial charge in [0.25, 0.3) is 5.91 Å². The van der Waals surface area contributed by atoms with Crippen LogP contribution in [0.5, 0.6) is 11.5 Å². The molecule has 3 aromatic carbocycles. The number of carbonyl (C=O) groups is 1. The summed E-state index contributed by atoms with van der Waals surface area (Å²) in [4.78, 5) is 13.3. The minimum absolute atomic E-state index is 0.331. The number of aliphatic hydroxyl groups is 1. The van der Waals surface area contributed by atoms with Crippen molar-refractivity contribution >= 4 is 23.2 Å². The highest BCUT2D eigenvalue weighted by atomic mass is 35.5. The second kappa shape index (κ2) is 9.64. The van der Waals surface area contributed by atoms with Gasteiger partial charge in [-0.1, -0.05) is 48.0 Å². The van der Waals surface area contributed by atoms with Crippen molar-refractivity contribution in [3.8, 4) is 11.5 Å². The van der Waals surface area contributed by atoms with E-state index in [1.807, 2.05) is 0 Å². The third-order valence-electron chi connectivity index (χ3n) is 4.89. The van der Waals surface area contributed by atoms with Crippen LogP contribution in [0.15, 0.2) is 77.9 Å². The molecule has 31 heavy (non-hydrogen) atoms. The number of ether oxygens (including phenoxy) is 2. The van der Waals surface area contributed by atoms with Crippen LogP contribution in [0.3, 0.4) is 0 Å². The van der Waals surface area contributed by atoms with Crippen molar-refractivity contribution in [2.45, 2.75) is 12.5 Å². The van der Waals surface area contributed by atoms with E-state index >= 15 is 0 Å². The molecule has 2 N–H and O–H groups in total. The quantitative estimate of drug-likeness (QED) is 0.429. The zero-order valence-corrected chi connectivity index (χ0v) is 18.2. The molecular formula is C24H23ClN2O4. The number of halogens is 1. The smallest absolute Gasteiger partial charge is 0.281 e. The van der Waals surface area contributed by atoms with E-state index in [1.165, 1.54) is 14.2 Å². The van der Waals surface area contributed by atoms with Crippen LogP contribution in [0, 0.1) is 0 Å². The molecule has 0 atom stereocenters. The van der Waals surface area contributed by atoms with Crippen LogP contribution in [-0.4, -0.2) is 30.9 Å². The molecular weight excluding hydrogens is 416 g/mol. The number of carbonyl (C=O) groups excluding carboxylic acids is 1. The third-order valence-corrected chi connectivity index (χ3v) is 5.14. The van der Waals surface area contributed by atoms with Crippen molar-refractivity contribution in [1.29, 1.82) is 0 Å². The normalized spacial score (nSPS) is 11.7. The Bertz CT molecular complexity index is 1050. The lowest BCUT2D eigenvalue weighted by molar-refractivity contribution is -0.136. The van der Waals surface area contributed by atoms with Crippen LogP contribution in [-0.2, 0) is 10.4 Å². The minimum Gasteiger partial charge on any atom is -0.497 e. The molecule has 0 heterocycles. The largest absolute Gasteiger partial charge is 0.497 e. The maximum Gasteiger partial charge on any atom is 0.281 e. The molecule has 0 spiro atoms. The molecule has 3 aromatic rings. The van der Waals surface area contributed by atoms with Crippen molar-refractivity contribution in [3.63, 3.8) is 0 Å². The molecule has 0 aliphatic carbocycles. The number of nitrogens with one attached hydrogen (secondary N) is 1. The molecule has 0 fully saturated rings. The summed E-state index contributed by atoms with van der Waals surface area (Å²) in [6.45, 7) is 1.75. The minimum atomic E-state index is -2.03. The summed E-state index contributed by atoms with van der Waals surface area (Å²) < 4.78 is 10.5. The van der Waals surface area contributed by atoms with E-state index in [0.29, 0.717) is 33.4 Å². The van der Waals surface area contributed by atoms with Crippen molar-refractivity contribution < 1.29 is 19.4 Å². The Kier molecular flexibility index (Phi) is 6.95. The van der Waals surface area contributed by atoms with Gasteiger partial charge in [-0.3, -0.25) is 4.79 Å². The highest BCUT2D eigenvalue weighted by Crippen LogP contribution is 2.33. The second-order valence-corrected chi connectivity index (χ2v) is 7.26. The van der Waals surface area contributed by atoms with E-state index in [0.717, 1.165) is 5.56 Å². The van der Waals surface area contributed by atoms with Gasteiger partial charge in [-0.05, 0) is 48.9 Å². The standard InChI is InChI=1S/C24H23ClN2O4/c1-16(17-10-12-20(25)13-11-17)26-27-23(28)24(29,18-6-4-8-21(14-18)30-2)19-7-5-9-22(15-19)31-3/h4-15,29H,1-3H3,(H,27,28)/b26-16+. The van der Waals surface area contributed by atoms with Gasteiger partial charge in [0, 0.05) is 16.1 Å². The third kappa shape index (κ3) is 4.87. The summed E-state index contributed by atoms with van der Waals surface area (Å²) in [5.74, 6) is 0.294. The maximum absolute atomic E-state index is 13.3. The predicted octanol–water partition coefficient (Wildman–Crippen LogP) is 4.13. The Morgan fingerprint density at radius 3 is 1.94 bits per heavy atom. The molecule has 0 aliphatic heterocycles. The topological polar surface area (TPSA) is 80.2 Å². The summed E-state index contributed by atoms with van der Waals surface area (Å²) in [7, 11) is 3.03. The fourth-order valence-electron chi connectivity index (χ4n) is 3.10. The first-order valence-corrected chi connectivity index (χ1v) is 9.88. The monoisotopic (exact) mass is 438 g/mol. The van der Waals surface area contributed by atoms with Gasteiger partial charge in [-0.25, -0.2) is 5.43 Å². The molecule has 6 nitrogen and oxygen atoms in total. The Balaban J connectivity index is 2.01. The first-order chi connectivity index (χ1) is 14.9. The zero-order chi connectivity index (χ0) is 22.4. The van der Waals surface area contributed by atoms with Crippen molar-refractivity contribution in [2.75, 3.05) is 14.2 Å². The van der Waals surface area contributed by atoms with Crippen LogP contribution >= 0.6 is 11.6 Å². The van der Waals surface area contributed by atoms with Gasteiger partial charge in [0.15, 0.2) is 5.60 Å². The summed E-state index contributed by atoms with van der Waals surface area (Å²) in [6.07, 6.45) is 0. The molecule has 0 saturated carbocycles. The molecule has 1 amide bonds. The van der Waals surface area contributed by atoms with Crippen molar-refractivity contribution in [3.05, 3.63) is 94.5 Å². The van der Waals surface area contributed by atoms with Gasteiger partial charge in [-0.2, -0.15) is 5.10 Å². The molecule has 0 unspecified atom stereocenters. The lowest BCUT2D eigenvalue weighted by atomic mass is 9.85. The summed E-state index contributed by atoms with van der Waals surface area (Å²) >= 11 is 5.93. The van der Waals surface area contributed by atoms with E-state index in [2.05, 4.69) is 10.5 Å². The molecule has 0 bridgehead atoms. The van der Waals surface area contributed by atoms with Gasteiger partial charge in [0.05, 0.1) is 19.9 Å². The van der Waals surface area contributed by atoms with Gasteiger partial charge in [0.2, 0.25) is 0 Å². The maximum atomic E-state index is 13.3. The SMILES string of the molecule is COc1cccc(C(O)(C(=O)N/N=C(\C)c2ccc(Cl)cc2)c2cccc(OC)c2)c1. The highest BCUT2D eigenvalue weighted by Gasteiger charge is 2.40. The number of amides is 1. The van der Waals surface area contributed by atoms with Crippen molar-refractivity contribution in [2.24, 2.45) is 5.10 Å². The predicted molar refractivity (Wildman–Crippen MR) is 121 cm³/mol. The second-order valence-electron chi connectivity index (χ2n) is 6.82. The average molecular weight is 439 g/mol. The molecule has 0 aliphatic rings. The Morgan fingerprint density at radius 2 is 1.45 bits per heavy atom.